The number of nitrogens with one attached hydrogen (secondary N) is 2. The summed E-state index contributed by atoms with van der Waals surface area (Å²) in [5, 5.41) is 20.1. The molecule has 0 aliphatic heterocycles. The highest BCUT2D eigenvalue weighted by Gasteiger charge is 2.24. The summed E-state index contributed by atoms with van der Waals surface area (Å²) in [7, 11) is 3.03. The van der Waals surface area contributed by atoms with Crippen LogP contribution in [0.4, 0.5) is 5.69 Å². The SMILES string of the molecule is COc1cc(OC)c(C)c(C(Nc2ccc(C(=N)N)cc2)C(=O)O)c1. The van der Waals surface area contributed by atoms with E-state index in [-0.39, 0.29) is 5.84 Å². The monoisotopic (exact) mass is 343 g/mol. The lowest BCUT2D eigenvalue weighted by atomic mass is 9.99. The van der Waals surface area contributed by atoms with Crippen LogP contribution in [0.5, 0.6) is 11.5 Å². The molecule has 0 amide bonds. The summed E-state index contributed by atoms with van der Waals surface area (Å²) in [6.07, 6.45) is 0. The second-order valence-corrected chi connectivity index (χ2v) is 5.45. The number of carbonyl (C=O) groups is 1. The van der Waals surface area contributed by atoms with E-state index in [1.165, 1.54) is 14.2 Å². The van der Waals surface area contributed by atoms with Crippen LogP contribution in [0.1, 0.15) is 22.7 Å². The van der Waals surface area contributed by atoms with Crippen LogP contribution in [0.15, 0.2) is 36.4 Å². The minimum atomic E-state index is -1.03. The Balaban J connectivity index is 2.41. The molecule has 7 heteroatoms. The fraction of sp³-hybridized carbons (Fsp3) is 0.222. The van der Waals surface area contributed by atoms with Crippen LogP contribution in [-0.2, 0) is 4.79 Å². The first-order valence-electron chi connectivity index (χ1n) is 7.53. The van der Waals surface area contributed by atoms with Gasteiger partial charge in [0.15, 0.2) is 6.04 Å². The Hall–Kier alpha value is -3.22. The number of benzene rings is 2. The van der Waals surface area contributed by atoms with Crippen LogP contribution in [0.25, 0.3) is 0 Å². The molecule has 0 heterocycles. The first-order chi connectivity index (χ1) is 11.9. The number of hydrogen-bond donors (Lipinski definition) is 4. The number of carboxylic acid groups (broad SMARTS) is 1. The molecule has 25 heavy (non-hydrogen) atoms. The number of amidine groups is 1. The number of nitrogen functional groups attached to an aromatic ring is 1. The Morgan fingerprint density at radius 1 is 1.20 bits per heavy atom. The molecular weight excluding hydrogens is 322 g/mol. The minimum absolute atomic E-state index is 0.0466. The molecule has 1 unspecified atom stereocenters. The van der Waals surface area contributed by atoms with Crippen molar-refractivity contribution in [1.29, 1.82) is 5.41 Å². The number of rotatable bonds is 7. The van der Waals surface area contributed by atoms with Crippen molar-refractivity contribution in [2.24, 2.45) is 5.73 Å². The molecule has 0 spiro atoms. The first-order valence-corrected chi connectivity index (χ1v) is 7.53. The molecule has 0 aliphatic rings. The van der Waals surface area contributed by atoms with Crippen LogP contribution >= 0.6 is 0 Å². The Bertz CT molecular complexity index is 788. The largest absolute Gasteiger partial charge is 0.497 e. The number of aliphatic carboxylic acids is 1. The smallest absolute Gasteiger partial charge is 0.330 e. The topological polar surface area (TPSA) is 118 Å². The third kappa shape index (κ3) is 4.00. The average Bonchev–Trinajstić information content (AvgIpc) is 2.60. The van der Waals surface area contributed by atoms with E-state index in [1.807, 2.05) is 0 Å². The molecule has 0 fully saturated rings. The van der Waals surface area contributed by atoms with E-state index in [1.54, 1.807) is 43.3 Å². The van der Waals surface area contributed by atoms with Crippen molar-refractivity contribution < 1.29 is 19.4 Å². The van der Waals surface area contributed by atoms with Crippen molar-refractivity contribution in [1.82, 2.24) is 0 Å². The lowest BCUT2D eigenvalue weighted by molar-refractivity contribution is -0.138. The zero-order chi connectivity index (χ0) is 18.6. The van der Waals surface area contributed by atoms with Crippen molar-refractivity contribution in [2.45, 2.75) is 13.0 Å². The molecule has 0 bridgehead atoms. The zero-order valence-electron chi connectivity index (χ0n) is 14.3. The van der Waals surface area contributed by atoms with E-state index < -0.39 is 12.0 Å². The molecule has 0 aromatic heterocycles. The van der Waals surface area contributed by atoms with E-state index in [0.717, 1.165) is 0 Å². The third-order valence-corrected chi connectivity index (χ3v) is 3.89. The number of nitrogens with two attached hydrogens (primary N) is 1. The molecule has 2 rings (SSSR count). The van der Waals surface area contributed by atoms with Crippen molar-refractivity contribution in [3.63, 3.8) is 0 Å². The maximum absolute atomic E-state index is 11.8. The summed E-state index contributed by atoms with van der Waals surface area (Å²) in [6, 6.07) is 9.06. The number of carboxylic acids is 1. The van der Waals surface area contributed by atoms with Gasteiger partial charge in [0.05, 0.1) is 14.2 Å². The summed E-state index contributed by atoms with van der Waals surface area (Å²) >= 11 is 0. The van der Waals surface area contributed by atoms with Gasteiger partial charge in [0.25, 0.3) is 0 Å². The van der Waals surface area contributed by atoms with Gasteiger partial charge in [0, 0.05) is 17.3 Å². The van der Waals surface area contributed by atoms with E-state index in [4.69, 9.17) is 20.6 Å². The van der Waals surface area contributed by atoms with Gasteiger partial charge in [-0.25, -0.2) is 4.79 Å². The quantitative estimate of drug-likeness (QED) is 0.453. The molecule has 5 N–H and O–H groups in total. The van der Waals surface area contributed by atoms with E-state index in [0.29, 0.717) is 33.9 Å². The molecule has 132 valence electrons. The molecule has 0 saturated carbocycles. The van der Waals surface area contributed by atoms with Crippen LogP contribution in [0.3, 0.4) is 0 Å². The van der Waals surface area contributed by atoms with Crippen molar-refractivity contribution >= 4 is 17.5 Å². The Morgan fingerprint density at radius 3 is 2.32 bits per heavy atom. The molecule has 2 aromatic rings. The van der Waals surface area contributed by atoms with Crippen molar-refractivity contribution in [3.8, 4) is 11.5 Å². The predicted molar refractivity (Wildman–Crippen MR) is 95.7 cm³/mol. The highest BCUT2D eigenvalue weighted by molar-refractivity contribution is 5.95. The summed E-state index contributed by atoms with van der Waals surface area (Å²) in [6.45, 7) is 1.80. The van der Waals surface area contributed by atoms with Crippen LogP contribution in [0.2, 0.25) is 0 Å². The fourth-order valence-corrected chi connectivity index (χ4v) is 2.50. The summed E-state index contributed by atoms with van der Waals surface area (Å²) < 4.78 is 10.5. The van der Waals surface area contributed by atoms with Gasteiger partial charge >= 0.3 is 5.97 Å². The van der Waals surface area contributed by atoms with Crippen molar-refractivity contribution in [3.05, 3.63) is 53.1 Å². The molecule has 7 nitrogen and oxygen atoms in total. The standard InChI is InChI=1S/C18H21N3O4/c1-10-14(8-13(24-2)9-15(10)25-3)16(18(22)23)21-12-6-4-11(5-7-12)17(19)20/h4-9,16,21H,1-3H3,(H3,19,20)(H,22,23). The van der Waals surface area contributed by atoms with Gasteiger partial charge in [-0.2, -0.15) is 0 Å². The molecule has 0 saturated heterocycles. The van der Waals surface area contributed by atoms with Gasteiger partial charge in [-0.3, -0.25) is 5.41 Å². The highest BCUT2D eigenvalue weighted by atomic mass is 16.5. The highest BCUT2D eigenvalue weighted by Crippen LogP contribution is 2.33. The zero-order valence-corrected chi connectivity index (χ0v) is 14.3. The van der Waals surface area contributed by atoms with E-state index in [2.05, 4.69) is 5.32 Å². The normalized spacial score (nSPS) is 11.5. The summed E-state index contributed by atoms with van der Waals surface area (Å²) in [5.41, 5.74) is 7.84. The van der Waals surface area contributed by atoms with Crippen LogP contribution in [0, 0.1) is 12.3 Å². The second kappa shape index (κ2) is 7.57. The number of anilines is 1. The second-order valence-electron chi connectivity index (χ2n) is 5.45. The Labute approximate surface area is 145 Å². The molecule has 2 aromatic carbocycles. The number of hydrogen-bond acceptors (Lipinski definition) is 5. The van der Waals surface area contributed by atoms with Gasteiger partial charge in [-0.05, 0) is 48.4 Å². The molecule has 0 radical (unpaired) electrons. The van der Waals surface area contributed by atoms with E-state index >= 15 is 0 Å². The van der Waals surface area contributed by atoms with Gasteiger partial charge in [0.1, 0.15) is 17.3 Å². The van der Waals surface area contributed by atoms with E-state index in [9.17, 15) is 9.90 Å². The Kier molecular flexibility index (Phi) is 5.49. The number of ether oxygens (including phenoxy) is 2. The Morgan fingerprint density at radius 2 is 1.84 bits per heavy atom. The molecule has 1 atom stereocenters. The first kappa shape index (κ1) is 18.1. The average molecular weight is 343 g/mol. The van der Waals surface area contributed by atoms with Gasteiger partial charge < -0.3 is 25.6 Å². The molecule has 0 aliphatic carbocycles. The summed E-state index contributed by atoms with van der Waals surface area (Å²) in [5.74, 6) is -0.0180. The lowest BCUT2D eigenvalue weighted by Gasteiger charge is -2.21. The van der Waals surface area contributed by atoms with Gasteiger partial charge in [-0.15, -0.1) is 0 Å². The fourth-order valence-electron chi connectivity index (χ4n) is 2.50. The minimum Gasteiger partial charge on any atom is -0.497 e. The van der Waals surface area contributed by atoms with Crippen molar-refractivity contribution in [2.75, 3.05) is 19.5 Å². The maximum Gasteiger partial charge on any atom is 0.330 e. The van der Waals surface area contributed by atoms with Crippen LogP contribution < -0.4 is 20.5 Å². The van der Waals surface area contributed by atoms with Gasteiger partial charge in [-0.1, -0.05) is 0 Å². The maximum atomic E-state index is 11.8. The number of methoxy groups -OCH3 is 2. The van der Waals surface area contributed by atoms with Gasteiger partial charge in [0.2, 0.25) is 0 Å². The van der Waals surface area contributed by atoms with Crippen LogP contribution in [-0.4, -0.2) is 31.1 Å². The third-order valence-electron chi connectivity index (χ3n) is 3.89. The lowest BCUT2D eigenvalue weighted by Crippen LogP contribution is -2.22. The molecular formula is C18H21N3O4. The summed E-state index contributed by atoms with van der Waals surface area (Å²) in [4.78, 5) is 11.8. The predicted octanol–water partition coefficient (Wildman–Crippen LogP) is 2.53.